The molecule has 1 heterocycles. The van der Waals surface area contributed by atoms with Gasteiger partial charge in [-0.15, -0.1) is 0 Å². The number of likely N-dealkylation sites (tertiary alicyclic amines) is 1. The Hall–Kier alpha value is -1.02. The lowest BCUT2D eigenvalue weighted by Gasteiger charge is -2.30. The van der Waals surface area contributed by atoms with Gasteiger partial charge >= 0.3 is 6.18 Å². The summed E-state index contributed by atoms with van der Waals surface area (Å²) in [5.74, 6) is -0.469. The minimum Gasteiger partial charge on any atom is -0.367 e. The molecule has 0 radical (unpaired) electrons. The van der Waals surface area contributed by atoms with Gasteiger partial charge in [0.2, 0.25) is 5.91 Å². The fourth-order valence-corrected chi connectivity index (χ4v) is 2.83. The Kier molecular flexibility index (Phi) is 5.45. The molecule has 1 saturated heterocycles. The van der Waals surface area contributed by atoms with E-state index in [1.807, 2.05) is 0 Å². The van der Waals surface area contributed by atoms with Gasteiger partial charge in [0.25, 0.3) is 0 Å². The largest absolute Gasteiger partial charge is 0.418 e. The van der Waals surface area contributed by atoms with Crippen LogP contribution in [0.1, 0.15) is 6.42 Å². The first-order chi connectivity index (χ1) is 10.7. The van der Waals surface area contributed by atoms with Crippen LogP contribution in [0.25, 0.3) is 0 Å². The predicted molar refractivity (Wildman–Crippen MR) is 81.9 cm³/mol. The molecular formula is C14H15Cl2F3N2O2. The Balaban J connectivity index is 1.98. The van der Waals surface area contributed by atoms with Gasteiger partial charge in [-0.3, -0.25) is 9.69 Å². The molecule has 0 aliphatic carbocycles. The summed E-state index contributed by atoms with van der Waals surface area (Å²) in [5.41, 5.74) is -1.90. The van der Waals surface area contributed by atoms with Crippen LogP contribution in [0.5, 0.6) is 0 Å². The Morgan fingerprint density at radius 2 is 2.13 bits per heavy atom. The van der Waals surface area contributed by atoms with Gasteiger partial charge < -0.3 is 10.1 Å². The lowest BCUT2D eigenvalue weighted by atomic mass is 10.0. The smallest absolute Gasteiger partial charge is 0.367 e. The minimum atomic E-state index is -4.48. The van der Waals surface area contributed by atoms with Crippen molar-refractivity contribution in [3.05, 3.63) is 28.2 Å². The monoisotopic (exact) mass is 370 g/mol. The highest BCUT2D eigenvalue weighted by molar-refractivity contribution is 6.35. The molecule has 2 rings (SSSR count). The molecule has 0 aromatic heterocycles. The number of rotatable bonds is 4. The number of carbonyl (C=O) groups is 1. The average molecular weight is 371 g/mol. The quantitative estimate of drug-likeness (QED) is 0.880. The van der Waals surface area contributed by atoms with Gasteiger partial charge in [-0.25, -0.2) is 0 Å². The van der Waals surface area contributed by atoms with Gasteiger partial charge in [0.05, 0.1) is 17.3 Å². The van der Waals surface area contributed by atoms with Gasteiger partial charge in [0.1, 0.15) is 0 Å². The molecule has 1 N–H and O–H groups in total. The van der Waals surface area contributed by atoms with Crippen molar-refractivity contribution in [1.29, 1.82) is 0 Å². The van der Waals surface area contributed by atoms with E-state index < -0.39 is 17.7 Å². The van der Waals surface area contributed by atoms with Crippen LogP contribution in [0.15, 0.2) is 18.2 Å². The molecule has 23 heavy (non-hydrogen) atoms. The average Bonchev–Trinajstić information content (AvgIpc) is 2.87. The van der Waals surface area contributed by atoms with Crippen LogP contribution in [-0.2, 0) is 9.53 Å². The van der Waals surface area contributed by atoms with Crippen LogP contribution in [0.3, 0.4) is 0 Å². The number of alkyl halides is 3. The lowest BCUT2D eigenvalue weighted by molar-refractivity contribution is -0.263. The summed E-state index contributed by atoms with van der Waals surface area (Å²) in [6.45, 7) is -0.461. The van der Waals surface area contributed by atoms with Crippen LogP contribution in [-0.4, -0.2) is 49.3 Å². The van der Waals surface area contributed by atoms with Crippen LogP contribution < -0.4 is 5.32 Å². The lowest BCUT2D eigenvalue weighted by Crippen LogP contribution is -2.49. The van der Waals surface area contributed by atoms with Crippen LogP contribution >= 0.6 is 23.2 Å². The molecule has 1 atom stereocenters. The van der Waals surface area contributed by atoms with Crippen molar-refractivity contribution in [3.63, 3.8) is 0 Å². The van der Waals surface area contributed by atoms with Crippen LogP contribution in [0.2, 0.25) is 10.0 Å². The highest BCUT2D eigenvalue weighted by Gasteiger charge is 2.58. The van der Waals surface area contributed by atoms with E-state index in [9.17, 15) is 18.0 Å². The first-order valence-electron chi connectivity index (χ1n) is 6.76. The van der Waals surface area contributed by atoms with Gasteiger partial charge in [0.15, 0.2) is 5.60 Å². The zero-order chi connectivity index (χ0) is 17.3. The van der Waals surface area contributed by atoms with Crippen molar-refractivity contribution in [3.8, 4) is 0 Å². The van der Waals surface area contributed by atoms with E-state index in [0.717, 1.165) is 7.11 Å². The van der Waals surface area contributed by atoms with Crippen molar-refractivity contribution in [2.45, 2.75) is 18.2 Å². The van der Waals surface area contributed by atoms with E-state index in [-0.39, 0.29) is 26.1 Å². The number of hydrogen-bond acceptors (Lipinski definition) is 3. The van der Waals surface area contributed by atoms with Crippen molar-refractivity contribution in [2.75, 3.05) is 32.1 Å². The highest BCUT2D eigenvalue weighted by atomic mass is 35.5. The van der Waals surface area contributed by atoms with Crippen molar-refractivity contribution >= 4 is 34.8 Å². The summed E-state index contributed by atoms with van der Waals surface area (Å²) in [6, 6.07) is 4.56. The second kappa shape index (κ2) is 6.84. The third-order valence-corrected chi connectivity index (χ3v) is 4.35. The number of amides is 1. The number of hydrogen-bond donors (Lipinski definition) is 1. The topological polar surface area (TPSA) is 41.6 Å². The maximum absolute atomic E-state index is 13.1. The van der Waals surface area contributed by atoms with Crippen molar-refractivity contribution < 1.29 is 22.7 Å². The second-order valence-electron chi connectivity index (χ2n) is 5.33. The molecule has 1 aromatic carbocycles. The Morgan fingerprint density at radius 1 is 1.43 bits per heavy atom. The molecular weight excluding hydrogens is 356 g/mol. The Morgan fingerprint density at radius 3 is 2.70 bits per heavy atom. The molecule has 128 valence electrons. The standard InChI is InChI=1S/C14H15Cl2F3N2O2/c1-23-13(14(17,18)19)4-5-21(8-13)7-12(22)20-11-6-9(15)2-3-10(11)16/h2-3,6H,4-5,7-8H2,1H3,(H,20,22). The Labute approximate surface area is 141 Å². The molecule has 1 fully saturated rings. The van der Waals surface area contributed by atoms with E-state index in [2.05, 4.69) is 5.32 Å². The number of carbonyl (C=O) groups excluding carboxylic acids is 1. The van der Waals surface area contributed by atoms with Crippen molar-refractivity contribution in [2.24, 2.45) is 0 Å². The third-order valence-electron chi connectivity index (χ3n) is 3.79. The number of halogens is 5. The second-order valence-corrected chi connectivity index (χ2v) is 6.17. The molecule has 1 amide bonds. The number of methoxy groups -OCH3 is 1. The Bertz CT molecular complexity index is 598. The van der Waals surface area contributed by atoms with Gasteiger partial charge in [-0.1, -0.05) is 23.2 Å². The van der Waals surface area contributed by atoms with Gasteiger partial charge in [0, 0.05) is 25.2 Å². The zero-order valence-electron chi connectivity index (χ0n) is 12.2. The van der Waals surface area contributed by atoms with E-state index in [1.54, 1.807) is 6.07 Å². The van der Waals surface area contributed by atoms with E-state index in [0.29, 0.717) is 15.7 Å². The van der Waals surface area contributed by atoms with Crippen molar-refractivity contribution in [1.82, 2.24) is 4.90 Å². The number of nitrogens with zero attached hydrogens (tertiary/aromatic N) is 1. The minimum absolute atomic E-state index is 0.115. The summed E-state index contributed by atoms with van der Waals surface area (Å²) in [7, 11) is 1.03. The summed E-state index contributed by atoms with van der Waals surface area (Å²) >= 11 is 11.7. The number of ether oxygens (including phenoxy) is 1. The maximum atomic E-state index is 13.1. The van der Waals surface area contributed by atoms with E-state index >= 15 is 0 Å². The number of nitrogens with one attached hydrogen (secondary N) is 1. The van der Waals surface area contributed by atoms with Crippen LogP contribution in [0.4, 0.5) is 18.9 Å². The molecule has 0 bridgehead atoms. The van der Waals surface area contributed by atoms with Gasteiger partial charge in [-0.2, -0.15) is 13.2 Å². The summed E-state index contributed by atoms with van der Waals surface area (Å²) in [6.07, 6.45) is -4.69. The normalized spacial score (nSPS) is 22.3. The SMILES string of the molecule is COC1(C(F)(F)F)CCN(CC(=O)Nc2cc(Cl)ccc2Cl)C1. The fourth-order valence-electron chi connectivity index (χ4n) is 2.49. The first kappa shape index (κ1) is 18.3. The number of anilines is 1. The van der Waals surface area contributed by atoms with Gasteiger partial charge in [-0.05, 0) is 24.6 Å². The first-order valence-corrected chi connectivity index (χ1v) is 7.51. The molecule has 4 nitrogen and oxygen atoms in total. The number of benzene rings is 1. The molecule has 1 aromatic rings. The molecule has 9 heteroatoms. The molecule has 1 unspecified atom stereocenters. The molecule has 1 aliphatic rings. The summed E-state index contributed by atoms with van der Waals surface area (Å²) < 4.78 is 44.0. The summed E-state index contributed by atoms with van der Waals surface area (Å²) in [4.78, 5) is 13.4. The molecule has 0 saturated carbocycles. The zero-order valence-corrected chi connectivity index (χ0v) is 13.7. The fraction of sp³-hybridized carbons (Fsp3) is 0.500. The predicted octanol–water partition coefficient (Wildman–Crippen LogP) is 3.59. The summed E-state index contributed by atoms with van der Waals surface area (Å²) in [5, 5.41) is 3.23. The molecule has 1 aliphatic heterocycles. The molecule has 0 spiro atoms. The van der Waals surface area contributed by atoms with Crippen LogP contribution in [0, 0.1) is 0 Å². The third kappa shape index (κ3) is 4.09. The maximum Gasteiger partial charge on any atom is 0.418 e. The van der Waals surface area contributed by atoms with E-state index in [1.165, 1.54) is 17.0 Å². The highest BCUT2D eigenvalue weighted by Crippen LogP contribution is 2.40. The van der Waals surface area contributed by atoms with E-state index in [4.69, 9.17) is 27.9 Å².